The minimum atomic E-state index is -0.459. The molecule has 0 aromatic heterocycles. The monoisotopic (exact) mass is 355 g/mol. The number of amides is 1. The minimum Gasteiger partial charge on any atom is -0.351 e. The van der Waals surface area contributed by atoms with Crippen molar-refractivity contribution >= 4 is 24.0 Å². The Kier molecular flexibility index (Phi) is 8.71. The zero-order valence-electron chi connectivity index (χ0n) is 14.0. The Balaban J connectivity index is 0.00000288. The smallest absolute Gasteiger partial charge is 0.273 e. The summed E-state index contributed by atoms with van der Waals surface area (Å²) in [5.74, 6) is -0.256. The van der Waals surface area contributed by atoms with Gasteiger partial charge >= 0.3 is 0 Å². The second-order valence-electron chi connectivity index (χ2n) is 6.11. The van der Waals surface area contributed by atoms with Crippen LogP contribution in [0.25, 0.3) is 0 Å². The zero-order chi connectivity index (χ0) is 16.7. The van der Waals surface area contributed by atoms with E-state index in [1.165, 1.54) is 44.6 Å². The number of halogens is 1. The molecule has 0 saturated heterocycles. The molecule has 0 spiro atoms. The Hall–Kier alpha value is -1.66. The highest BCUT2D eigenvalue weighted by atomic mass is 35.5. The van der Waals surface area contributed by atoms with E-state index in [-0.39, 0.29) is 24.0 Å². The number of nitro benzene ring substituents is 1. The molecule has 0 heterocycles. The van der Waals surface area contributed by atoms with Crippen LogP contribution >= 0.6 is 12.4 Å². The molecule has 2 N–H and O–H groups in total. The van der Waals surface area contributed by atoms with Crippen molar-refractivity contribution in [3.8, 4) is 0 Å². The normalized spacial score (nSPS) is 15.2. The maximum atomic E-state index is 12.2. The molecule has 1 aromatic carbocycles. The van der Waals surface area contributed by atoms with Crippen molar-refractivity contribution in [2.75, 3.05) is 13.1 Å². The maximum Gasteiger partial charge on any atom is 0.273 e. The first-order valence-electron chi connectivity index (χ1n) is 8.35. The van der Waals surface area contributed by atoms with Gasteiger partial charge in [-0.1, -0.05) is 31.7 Å². The fraction of sp³-hybridized carbons (Fsp3) is 0.588. The van der Waals surface area contributed by atoms with Gasteiger partial charge in [-0.15, -0.1) is 12.4 Å². The van der Waals surface area contributed by atoms with Gasteiger partial charge in [0.25, 0.3) is 11.6 Å². The Morgan fingerprint density at radius 2 is 1.88 bits per heavy atom. The first-order chi connectivity index (χ1) is 11.1. The lowest BCUT2D eigenvalue weighted by Gasteiger charge is -2.16. The molecule has 7 heteroatoms. The quantitative estimate of drug-likeness (QED) is 0.354. The van der Waals surface area contributed by atoms with Crippen LogP contribution in [0, 0.1) is 17.0 Å². The highest BCUT2D eigenvalue weighted by Crippen LogP contribution is 2.21. The third-order valence-electron chi connectivity index (χ3n) is 4.45. The summed E-state index contributed by atoms with van der Waals surface area (Å²) in [6.07, 6.45) is 7.60. The molecule has 1 aliphatic rings. The van der Waals surface area contributed by atoms with Gasteiger partial charge in [0.05, 0.1) is 4.92 Å². The van der Waals surface area contributed by atoms with Crippen molar-refractivity contribution in [2.24, 2.45) is 0 Å². The predicted molar refractivity (Wildman–Crippen MR) is 96.9 cm³/mol. The Bertz CT molecular complexity index is 558. The molecule has 1 fully saturated rings. The van der Waals surface area contributed by atoms with Gasteiger partial charge in [0.2, 0.25) is 0 Å². The minimum absolute atomic E-state index is 0. The number of nitro groups is 1. The number of nitrogens with zero attached hydrogens (tertiary/aromatic N) is 1. The van der Waals surface area contributed by atoms with Crippen molar-refractivity contribution < 1.29 is 9.72 Å². The number of hydrogen-bond donors (Lipinski definition) is 2. The molecule has 1 aliphatic carbocycles. The Morgan fingerprint density at radius 1 is 1.21 bits per heavy atom. The maximum absolute atomic E-state index is 12.2. The van der Waals surface area contributed by atoms with Crippen molar-refractivity contribution in [3.63, 3.8) is 0 Å². The van der Waals surface area contributed by atoms with Crippen LogP contribution in [0.15, 0.2) is 18.2 Å². The summed E-state index contributed by atoms with van der Waals surface area (Å²) in [4.78, 5) is 22.7. The molecule has 134 valence electrons. The van der Waals surface area contributed by atoms with Gasteiger partial charge in [-0.3, -0.25) is 14.9 Å². The Morgan fingerprint density at radius 3 is 2.50 bits per heavy atom. The third-order valence-corrected chi connectivity index (χ3v) is 4.45. The fourth-order valence-corrected chi connectivity index (χ4v) is 3.10. The average Bonchev–Trinajstić information content (AvgIpc) is 2.80. The summed E-state index contributed by atoms with van der Waals surface area (Å²) >= 11 is 0. The van der Waals surface area contributed by atoms with Gasteiger partial charge in [0.15, 0.2) is 0 Å². The van der Waals surface area contributed by atoms with Gasteiger partial charge < -0.3 is 10.6 Å². The molecule has 0 atom stereocenters. The van der Waals surface area contributed by atoms with Crippen LogP contribution in [0.4, 0.5) is 5.69 Å². The predicted octanol–water partition coefficient (Wildman–Crippen LogP) is 3.37. The number of nitrogens with one attached hydrogen (secondary N) is 2. The lowest BCUT2D eigenvalue weighted by atomic mass is 10.1. The lowest BCUT2D eigenvalue weighted by Crippen LogP contribution is -2.37. The molecule has 24 heavy (non-hydrogen) atoms. The first-order valence-corrected chi connectivity index (χ1v) is 8.35. The van der Waals surface area contributed by atoms with Crippen LogP contribution < -0.4 is 10.6 Å². The standard InChI is InChI=1S/C17H25N3O3.ClH/c1-13-15(9-6-10-16(13)20(22)23)17(21)19-12-11-18-14-7-4-2-3-5-8-14;/h6,9-10,14,18H,2-5,7-8,11-12H2,1H3,(H,19,21);1H. The molecule has 1 saturated carbocycles. The highest BCUT2D eigenvalue weighted by molar-refractivity contribution is 5.96. The third kappa shape index (κ3) is 5.76. The number of hydrogen-bond acceptors (Lipinski definition) is 4. The molecule has 0 aliphatic heterocycles. The van der Waals surface area contributed by atoms with Gasteiger partial charge in [-0.2, -0.15) is 0 Å². The van der Waals surface area contributed by atoms with Crippen LogP contribution in [-0.2, 0) is 0 Å². The summed E-state index contributed by atoms with van der Waals surface area (Å²) in [6, 6.07) is 5.13. The molecular formula is C17H26ClN3O3. The topological polar surface area (TPSA) is 84.3 Å². The summed E-state index contributed by atoms with van der Waals surface area (Å²) in [7, 11) is 0. The van der Waals surface area contributed by atoms with E-state index in [1.807, 2.05) is 0 Å². The van der Waals surface area contributed by atoms with Gasteiger partial charge in [0, 0.05) is 36.3 Å². The summed E-state index contributed by atoms with van der Waals surface area (Å²) in [5, 5.41) is 17.3. The summed E-state index contributed by atoms with van der Waals surface area (Å²) in [5.41, 5.74) is 0.759. The molecule has 0 radical (unpaired) electrons. The fourth-order valence-electron chi connectivity index (χ4n) is 3.10. The number of benzene rings is 1. The molecule has 0 bridgehead atoms. The molecule has 2 rings (SSSR count). The van der Waals surface area contributed by atoms with E-state index in [0.29, 0.717) is 23.7 Å². The lowest BCUT2D eigenvalue weighted by molar-refractivity contribution is -0.385. The van der Waals surface area contributed by atoms with Crippen LogP contribution in [0.1, 0.15) is 54.4 Å². The van der Waals surface area contributed by atoms with E-state index in [4.69, 9.17) is 0 Å². The van der Waals surface area contributed by atoms with E-state index in [1.54, 1.807) is 19.1 Å². The SMILES string of the molecule is Cc1c(C(=O)NCCNC2CCCCCC2)cccc1[N+](=O)[O-].Cl. The highest BCUT2D eigenvalue weighted by Gasteiger charge is 2.17. The number of rotatable bonds is 6. The van der Waals surface area contributed by atoms with Crippen LogP contribution in [0.5, 0.6) is 0 Å². The molecular weight excluding hydrogens is 330 g/mol. The van der Waals surface area contributed by atoms with Crippen molar-refractivity contribution in [2.45, 2.75) is 51.5 Å². The zero-order valence-corrected chi connectivity index (χ0v) is 14.9. The van der Waals surface area contributed by atoms with E-state index in [9.17, 15) is 14.9 Å². The van der Waals surface area contributed by atoms with Crippen LogP contribution in [0.2, 0.25) is 0 Å². The van der Waals surface area contributed by atoms with E-state index >= 15 is 0 Å². The second kappa shape index (κ2) is 10.3. The largest absolute Gasteiger partial charge is 0.351 e. The van der Waals surface area contributed by atoms with Crippen molar-refractivity contribution in [1.82, 2.24) is 10.6 Å². The summed E-state index contributed by atoms with van der Waals surface area (Å²) < 4.78 is 0. The molecule has 1 aromatic rings. The van der Waals surface area contributed by atoms with Gasteiger partial charge in [-0.25, -0.2) is 0 Å². The van der Waals surface area contributed by atoms with E-state index in [0.717, 1.165) is 6.54 Å². The Labute approximate surface area is 149 Å². The molecule has 0 unspecified atom stereocenters. The number of carbonyl (C=O) groups excluding carboxylic acids is 1. The van der Waals surface area contributed by atoms with Crippen molar-refractivity contribution in [3.05, 3.63) is 39.4 Å². The van der Waals surface area contributed by atoms with Crippen LogP contribution in [-0.4, -0.2) is 30.0 Å². The average molecular weight is 356 g/mol. The first kappa shape index (κ1) is 20.4. The van der Waals surface area contributed by atoms with E-state index < -0.39 is 4.92 Å². The van der Waals surface area contributed by atoms with Crippen molar-refractivity contribution in [1.29, 1.82) is 0 Å². The van der Waals surface area contributed by atoms with Gasteiger partial charge in [0.1, 0.15) is 0 Å². The summed E-state index contributed by atoms with van der Waals surface area (Å²) in [6.45, 7) is 2.86. The molecule has 6 nitrogen and oxygen atoms in total. The second-order valence-corrected chi connectivity index (χ2v) is 6.11. The van der Waals surface area contributed by atoms with Crippen LogP contribution in [0.3, 0.4) is 0 Å². The molecule has 1 amide bonds. The van der Waals surface area contributed by atoms with Gasteiger partial charge in [-0.05, 0) is 25.8 Å². The van der Waals surface area contributed by atoms with E-state index in [2.05, 4.69) is 10.6 Å². The number of carbonyl (C=O) groups is 1.